The van der Waals surface area contributed by atoms with Crippen LogP contribution in [0.15, 0.2) is 59.2 Å². The molecule has 0 spiro atoms. The van der Waals surface area contributed by atoms with E-state index in [0.717, 1.165) is 0 Å². The van der Waals surface area contributed by atoms with E-state index in [9.17, 15) is 9.18 Å². The van der Waals surface area contributed by atoms with Crippen molar-refractivity contribution in [3.8, 4) is 23.1 Å². The summed E-state index contributed by atoms with van der Waals surface area (Å²) in [7, 11) is 0. The summed E-state index contributed by atoms with van der Waals surface area (Å²) >= 11 is 0. The maximum atomic E-state index is 13.5. The minimum atomic E-state index is -0.839. The zero-order chi connectivity index (χ0) is 19.1. The van der Waals surface area contributed by atoms with Gasteiger partial charge in [0.05, 0.1) is 12.8 Å². The van der Waals surface area contributed by atoms with Crippen LogP contribution < -0.4 is 14.8 Å². The van der Waals surface area contributed by atoms with Crippen molar-refractivity contribution < 1.29 is 23.1 Å². The lowest BCUT2D eigenvalue weighted by Gasteiger charge is -2.15. The third-order valence-electron chi connectivity index (χ3n) is 3.57. The second-order valence-corrected chi connectivity index (χ2v) is 5.56. The molecule has 3 rings (SSSR count). The van der Waals surface area contributed by atoms with E-state index in [0.29, 0.717) is 17.3 Å². The van der Waals surface area contributed by atoms with Gasteiger partial charge >= 0.3 is 0 Å². The normalized spacial score (nSPS) is 11.6. The first kappa shape index (κ1) is 18.4. The summed E-state index contributed by atoms with van der Waals surface area (Å²) in [6.45, 7) is 1.99. The van der Waals surface area contributed by atoms with Gasteiger partial charge < -0.3 is 19.2 Å². The predicted molar refractivity (Wildman–Crippen MR) is 94.7 cm³/mol. The molecule has 1 amide bonds. The van der Waals surface area contributed by atoms with Crippen LogP contribution in [0.5, 0.6) is 11.6 Å². The van der Waals surface area contributed by atoms with Gasteiger partial charge in [-0.15, -0.1) is 10.2 Å². The number of nitrogens with one attached hydrogen (secondary N) is 1. The van der Waals surface area contributed by atoms with E-state index in [1.165, 1.54) is 12.1 Å². The van der Waals surface area contributed by atoms with Crippen molar-refractivity contribution in [2.24, 2.45) is 0 Å². The maximum Gasteiger partial charge on any atom is 0.260 e. The fourth-order valence-electron chi connectivity index (χ4n) is 2.21. The monoisotopic (exact) mass is 371 g/mol. The second kappa shape index (κ2) is 8.79. The Morgan fingerprint density at radius 1 is 1.19 bits per heavy atom. The number of carbonyl (C=O) groups excluding carboxylic acids is 1. The Labute approximate surface area is 155 Å². The molecular formula is C19H18FN3O4. The number of carbonyl (C=O) groups is 1. The van der Waals surface area contributed by atoms with E-state index < -0.39 is 11.9 Å². The zero-order valence-electron chi connectivity index (χ0n) is 14.6. The third-order valence-corrected chi connectivity index (χ3v) is 3.57. The molecule has 2 heterocycles. The first-order chi connectivity index (χ1) is 13.1. The van der Waals surface area contributed by atoms with Crippen LogP contribution in [0.25, 0.3) is 11.5 Å². The molecule has 7 nitrogen and oxygen atoms in total. The lowest BCUT2D eigenvalue weighted by Crippen LogP contribution is -2.38. The van der Waals surface area contributed by atoms with Gasteiger partial charge in [0, 0.05) is 6.07 Å². The molecule has 1 unspecified atom stereocenters. The van der Waals surface area contributed by atoms with Gasteiger partial charge in [0.2, 0.25) is 5.88 Å². The molecule has 140 valence electrons. The van der Waals surface area contributed by atoms with Crippen LogP contribution >= 0.6 is 0 Å². The minimum absolute atomic E-state index is 0.0309. The fraction of sp³-hybridized carbons (Fsp3) is 0.211. The van der Waals surface area contributed by atoms with Crippen LogP contribution in [-0.2, 0) is 4.79 Å². The molecule has 0 saturated carbocycles. The van der Waals surface area contributed by atoms with Gasteiger partial charge in [-0.25, -0.2) is 4.39 Å². The van der Waals surface area contributed by atoms with E-state index in [4.69, 9.17) is 13.9 Å². The lowest BCUT2D eigenvalue weighted by atomic mass is 10.3. The summed E-state index contributed by atoms with van der Waals surface area (Å²) in [5.41, 5.74) is 0.597. The number of halogens is 1. The Kier molecular flexibility index (Phi) is 5.98. The molecule has 1 atom stereocenters. The summed E-state index contributed by atoms with van der Waals surface area (Å²) in [5.74, 6) is 0.0850. The molecule has 1 N–H and O–H groups in total. The fourth-order valence-corrected chi connectivity index (χ4v) is 2.21. The van der Waals surface area contributed by atoms with Crippen molar-refractivity contribution in [3.05, 3.63) is 60.6 Å². The molecular weight excluding hydrogens is 353 g/mol. The Bertz CT molecular complexity index is 869. The Morgan fingerprint density at radius 2 is 2.04 bits per heavy atom. The van der Waals surface area contributed by atoms with Crippen molar-refractivity contribution in [2.75, 3.05) is 13.2 Å². The average molecular weight is 371 g/mol. The zero-order valence-corrected chi connectivity index (χ0v) is 14.6. The number of benzene rings is 1. The van der Waals surface area contributed by atoms with E-state index in [2.05, 4.69) is 15.5 Å². The molecule has 0 radical (unpaired) electrons. The highest BCUT2D eigenvalue weighted by molar-refractivity contribution is 5.80. The van der Waals surface area contributed by atoms with Crippen LogP contribution in [-0.4, -0.2) is 35.4 Å². The summed E-state index contributed by atoms with van der Waals surface area (Å²) in [6.07, 6.45) is 0.718. The lowest BCUT2D eigenvalue weighted by molar-refractivity contribution is -0.127. The van der Waals surface area contributed by atoms with Crippen LogP contribution in [0.1, 0.15) is 6.92 Å². The van der Waals surface area contributed by atoms with Gasteiger partial charge in [-0.1, -0.05) is 12.1 Å². The van der Waals surface area contributed by atoms with Gasteiger partial charge in [0.15, 0.2) is 23.4 Å². The van der Waals surface area contributed by atoms with E-state index >= 15 is 0 Å². The maximum absolute atomic E-state index is 13.5. The molecule has 3 aromatic rings. The Hall–Kier alpha value is -3.42. The molecule has 8 heteroatoms. The molecule has 0 fully saturated rings. The van der Waals surface area contributed by atoms with Gasteiger partial charge in [-0.2, -0.15) is 0 Å². The SMILES string of the molecule is CC(Oc1ccccc1F)C(=O)NCCOc1ccc(-c2ccco2)nn1. The molecule has 2 aromatic heterocycles. The van der Waals surface area contributed by atoms with E-state index in [1.54, 1.807) is 49.6 Å². The van der Waals surface area contributed by atoms with Crippen molar-refractivity contribution in [1.29, 1.82) is 0 Å². The number of ether oxygens (including phenoxy) is 2. The molecule has 1 aromatic carbocycles. The summed E-state index contributed by atoms with van der Waals surface area (Å²) in [6, 6.07) is 12.9. The molecule has 0 aliphatic heterocycles. The van der Waals surface area contributed by atoms with Crippen LogP contribution in [0.2, 0.25) is 0 Å². The Morgan fingerprint density at radius 3 is 2.74 bits per heavy atom. The standard InChI is InChI=1S/C19H18FN3O4/c1-13(27-16-6-3-2-5-14(16)20)19(24)21-10-12-26-18-9-8-15(22-23-18)17-7-4-11-25-17/h2-9,11,13H,10,12H2,1H3,(H,21,24). The van der Waals surface area contributed by atoms with Crippen LogP contribution in [0.3, 0.4) is 0 Å². The molecule has 0 bridgehead atoms. The van der Waals surface area contributed by atoms with Gasteiger partial charge in [0.25, 0.3) is 5.91 Å². The van der Waals surface area contributed by atoms with Crippen molar-refractivity contribution in [2.45, 2.75) is 13.0 Å². The number of amides is 1. The van der Waals surface area contributed by atoms with E-state index in [1.807, 2.05) is 0 Å². The smallest absolute Gasteiger partial charge is 0.260 e. The molecule has 0 saturated heterocycles. The Balaban J connectivity index is 1.40. The number of nitrogens with zero attached hydrogens (tertiary/aromatic N) is 2. The first-order valence-electron chi connectivity index (χ1n) is 8.33. The number of hydrogen-bond donors (Lipinski definition) is 1. The highest BCUT2D eigenvalue weighted by atomic mass is 19.1. The molecule has 0 aliphatic rings. The van der Waals surface area contributed by atoms with E-state index in [-0.39, 0.29) is 24.8 Å². The van der Waals surface area contributed by atoms with Crippen LogP contribution in [0.4, 0.5) is 4.39 Å². The van der Waals surface area contributed by atoms with Gasteiger partial charge in [0.1, 0.15) is 12.3 Å². The largest absolute Gasteiger partial charge is 0.478 e. The number of aromatic nitrogens is 2. The minimum Gasteiger partial charge on any atom is -0.478 e. The highest BCUT2D eigenvalue weighted by Gasteiger charge is 2.16. The number of furan rings is 1. The summed E-state index contributed by atoms with van der Waals surface area (Å²) < 4.78 is 29.5. The van der Waals surface area contributed by atoms with Gasteiger partial charge in [-0.3, -0.25) is 4.79 Å². The number of para-hydroxylation sites is 1. The van der Waals surface area contributed by atoms with Crippen molar-refractivity contribution in [3.63, 3.8) is 0 Å². The predicted octanol–water partition coefficient (Wildman–Crippen LogP) is 2.84. The number of hydrogen-bond acceptors (Lipinski definition) is 6. The number of rotatable bonds is 8. The average Bonchev–Trinajstić information content (AvgIpc) is 3.22. The highest BCUT2D eigenvalue weighted by Crippen LogP contribution is 2.18. The van der Waals surface area contributed by atoms with Crippen molar-refractivity contribution >= 4 is 5.91 Å². The summed E-state index contributed by atoms with van der Waals surface area (Å²) in [5, 5.41) is 10.6. The molecule has 0 aliphatic carbocycles. The van der Waals surface area contributed by atoms with Crippen LogP contribution in [0, 0.1) is 5.82 Å². The quantitative estimate of drug-likeness (QED) is 0.613. The summed E-state index contributed by atoms with van der Waals surface area (Å²) in [4.78, 5) is 12.0. The van der Waals surface area contributed by atoms with Crippen molar-refractivity contribution in [1.82, 2.24) is 15.5 Å². The first-order valence-corrected chi connectivity index (χ1v) is 8.33. The third kappa shape index (κ3) is 5.04. The van der Waals surface area contributed by atoms with Gasteiger partial charge in [-0.05, 0) is 37.3 Å². The topological polar surface area (TPSA) is 86.5 Å². The molecule has 27 heavy (non-hydrogen) atoms. The second-order valence-electron chi connectivity index (χ2n) is 5.56.